The van der Waals surface area contributed by atoms with Crippen LogP contribution in [0, 0.1) is 6.92 Å². The van der Waals surface area contributed by atoms with Crippen LogP contribution in [0.5, 0.6) is 0 Å². The van der Waals surface area contributed by atoms with E-state index in [0.717, 1.165) is 23.4 Å². The van der Waals surface area contributed by atoms with Crippen molar-refractivity contribution in [2.75, 3.05) is 11.9 Å². The predicted octanol–water partition coefficient (Wildman–Crippen LogP) is 2.75. The summed E-state index contributed by atoms with van der Waals surface area (Å²) in [6.45, 7) is 5.41. The Bertz CT molecular complexity index is 579. The van der Waals surface area contributed by atoms with Gasteiger partial charge in [0.25, 0.3) is 5.91 Å². The minimum Gasteiger partial charge on any atom is -0.385 e. The number of benzene rings is 1. The van der Waals surface area contributed by atoms with Crippen molar-refractivity contribution in [3.8, 4) is 0 Å². The Kier molecular flexibility index (Phi) is 4.71. The summed E-state index contributed by atoms with van der Waals surface area (Å²) in [5.74, 6) is -0.0655. The highest BCUT2D eigenvalue weighted by Gasteiger charge is 2.06. The van der Waals surface area contributed by atoms with Gasteiger partial charge in [-0.2, -0.15) is 0 Å². The van der Waals surface area contributed by atoms with Gasteiger partial charge in [-0.1, -0.05) is 0 Å². The molecule has 2 rings (SSSR count). The molecule has 1 aromatic heterocycles. The Balaban J connectivity index is 1.96. The molecule has 1 heterocycles. The van der Waals surface area contributed by atoms with E-state index in [1.54, 1.807) is 12.4 Å². The molecule has 20 heavy (non-hydrogen) atoms. The van der Waals surface area contributed by atoms with Crippen molar-refractivity contribution in [3.05, 3.63) is 59.4 Å². The molecular weight excluding hydrogens is 250 g/mol. The number of nitrogens with zero attached hydrogens (tertiary/aromatic N) is 1. The first-order valence-electron chi connectivity index (χ1n) is 6.72. The summed E-state index contributed by atoms with van der Waals surface area (Å²) in [6, 6.07) is 9.40. The fraction of sp³-hybridized carbons (Fsp3) is 0.250. The topological polar surface area (TPSA) is 54.0 Å². The summed E-state index contributed by atoms with van der Waals surface area (Å²) in [5, 5.41) is 6.12. The summed E-state index contributed by atoms with van der Waals surface area (Å²) in [7, 11) is 0. The third-order valence-electron chi connectivity index (χ3n) is 3.10. The average Bonchev–Trinajstić information content (AvgIpc) is 2.47. The molecule has 0 aliphatic carbocycles. The number of anilines is 1. The molecule has 0 fully saturated rings. The average molecular weight is 269 g/mol. The van der Waals surface area contributed by atoms with Gasteiger partial charge in [0.05, 0.1) is 0 Å². The Morgan fingerprint density at radius 1 is 1.20 bits per heavy atom. The van der Waals surface area contributed by atoms with E-state index < -0.39 is 0 Å². The van der Waals surface area contributed by atoms with Crippen LogP contribution in [0.1, 0.15) is 28.4 Å². The number of amides is 1. The number of carbonyl (C=O) groups is 1. The molecule has 0 aliphatic heterocycles. The Morgan fingerprint density at radius 2 is 1.95 bits per heavy atom. The molecule has 0 bridgehead atoms. The Morgan fingerprint density at radius 3 is 2.60 bits per heavy atom. The zero-order valence-corrected chi connectivity index (χ0v) is 11.8. The molecule has 0 saturated carbocycles. The van der Waals surface area contributed by atoms with E-state index in [0.29, 0.717) is 12.1 Å². The highest BCUT2D eigenvalue weighted by Crippen LogP contribution is 2.10. The molecule has 0 aliphatic rings. The van der Waals surface area contributed by atoms with Gasteiger partial charge >= 0.3 is 0 Å². The number of aromatic nitrogens is 1. The van der Waals surface area contributed by atoms with Crippen molar-refractivity contribution in [2.24, 2.45) is 0 Å². The maximum Gasteiger partial charge on any atom is 0.251 e. The minimum atomic E-state index is -0.0655. The van der Waals surface area contributed by atoms with Gasteiger partial charge in [0.1, 0.15) is 0 Å². The van der Waals surface area contributed by atoms with E-state index in [9.17, 15) is 4.79 Å². The normalized spacial score (nSPS) is 10.1. The summed E-state index contributed by atoms with van der Waals surface area (Å²) >= 11 is 0. The maximum atomic E-state index is 12.1. The lowest BCUT2D eigenvalue weighted by molar-refractivity contribution is 0.0951. The number of hydrogen-bond donors (Lipinski definition) is 2. The van der Waals surface area contributed by atoms with Crippen molar-refractivity contribution in [1.29, 1.82) is 0 Å². The van der Waals surface area contributed by atoms with Crippen LogP contribution in [0.2, 0.25) is 0 Å². The molecule has 2 N–H and O–H groups in total. The van der Waals surface area contributed by atoms with Gasteiger partial charge in [-0.15, -0.1) is 0 Å². The van der Waals surface area contributed by atoms with E-state index in [1.807, 2.05) is 44.2 Å². The molecule has 1 amide bonds. The quantitative estimate of drug-likeness (QED) is 0.877. The van der Waals surface area contributed by atoms with Crippen LogP contribution in [0.15, 0.2) is 42.7 Å². The molecule has 104 valence electrons. The Labute approximate surface area is 119 Å². The fourth-order valence-electron chi connectivity index (χ4n) is 1.92. The van der Waals surface area contributed by atoms with Crippen LogP contribution >= 0.6 is 0 Å². The zero-order chi connectivity index (χ0) is 14.4. The molecule has 0 spiro atoms. The molecule has 2 aromatic rings. The third-order valence-corrected chi connectivity index (χ3v) is 3.10. The number of carbonyl (C=O) groups excluding carboxylic acids is 1. The minimum absolute atomic E-state index is 0.0655. The van der Waals surface area contributed by atoms with E-state index in [-0.39, 0.29) is 5.91 Å². The lowest BCUT2D eigenvalue weighted by Crippen LogP contribution is -2.23. The highest BCUT2D eigenvalue weighted by molar-refractivity contribution is 5.94. The molecular formula is C16H19N3O. The summed E-state index contributed by atoms with van der Waals surface area (Å²) in [4.78, 5) is 16.1. The second-order valence-electron chi connectivity index (χ2n) is 4.59. The molecule has 4 nitrogen and oxygen atoms in total. The van der Waals surface area contributed by atoms with Crippen LogP contribution in [0.3, 0.4) is 0 Å². The van der Waals surface area contributed by atoms with Gasteiger partial charge in [0, 0.05) is 36.7 Å². The van der Waals surface area contributed by atoms with Crippen LogP contribution in [-0.4, -0.2) is 17.4 Å². The van der Waals surface area contributed by atoms with Gasteiger partial charge in [0.2, 0.25) is 0 Å². The van der Waals surface area contributed by atoms with Crippen molar-refractivity contribution >= 4 is 11.6 Å². The maximum absolute atomic E-state index is 12.1. The predicted molar refractivity (Wildman–Crippen MR) is 80.7 cm³/mol. The summed E-state index contributed by atoms with van der Waals surface area (Å²) in [6.07, 6.45) is 3.53. The molecule has 4 heteroatoms. The van der Waals surface area contributed by atoms with Crippen LogP contribution < -0.4 is 10.6 Å². The number of nitrogens with one attached hydrogen (secondary N) is 2. The largest absolute Gasteiger partial charge is 0.385 e. The molecule has 0 radical (unpaired) electrons. The summed E-state index contributed by atoms with van der Waals surface area (Å²) < 4.78 is 0. The van der Waals surface area contributed by atoms with Crippen molar-refractivity contribution in [2.45, 2.75) is 20.4 Å². The van der Waals surface area contributed by atoms with Crippen LogP contribution in [-0.2, 0) is 6.54 Å². The zero-order valence-electron chi connectivity index (χ0n) is 11.8. The highest BCUT2D eigenvalue weighted by atomic mass is 16.1. The van der Waals surface area contributed by atoms with Gasteiger partial charge in [-0.3, -0.25) is 9.78 Å². The van der Waals surface area contributed by atoms with Gasteiger partial charge in [0.15, 0.2) is 0 Å². The lowest BCUT2D eigenvalue weighted by atomic mass is 10.1. The lowest BCUT2D eigenvalue weighted by Gasteiger charge is -2.08. The van der Waals surface area contributed by atoms with Crippen LogP contribution in [0.4, 0.5) is 5.69 Å². The Hall–Kier alpha value is -2.36. The molecule has 1 aromatic carbocycles. The number of hydrogen-bond acceptors (Lipinski definition) is 3. The van der Waals surface area contributed by atoms with Gasteiger partial charge in [-0.05, 0) is 55.3 Å². The van der Waals surface area contributed by atoms with Crippen molar-refractivity contribution in [3.63, 3.8) is 0 Å². The van der Waals surface area contributed by atoms with E-state index in [2.05, 4.69) is 15.6 Å². The molecule has 0 saturated heterocycles. The van der Waals surface area contributed by atoms with E-state index in [4.69, 9.17) is 0 Å². The number of rotatable bonds is 5. The molecule has 0 atom stereocenters. The second kappa shape index (κ2) is 6.70. The second-order valence-corrected chi connectivity index (χ2v) is 4.59. The summed E-state index contributed by atoms with van der Waals surface area (Å²) in [5.41, 5.74) is 3.85. The van der Waals surface area contributed by atoms with E-state index in [1.165, 1.54) is 0 Å². The SMILES string of the molecule is CCNc1ccc(C(=O)NCc2ccncc2C)cc1. The number of aryl methyl sites for hydroxylation is 1. The number of pyridine rings is 1. The first-order chi connectivity index (χ1) is 9.70. The monoisotopic (exact) mass is 269 g/mol. The van der Waals surface area contributed by atoms with Crippen LogP contribution in [0.25, 0.3) is 0 Å². The fourth-order valence-corrected chi connectivity index (χ4v) is 1.92. The molecule has 0 unspecified atom stereocenters. The smallest absolute Gasteiger partial charge is 0.251 e. The van der Waals surface area contributed by atoms with Crippen molar-refractivity contribution in [1.82, 2.24) is 10.3 Å². The van der Waals surface area contributed by atoms with E-state index >= 15 is 0 Å². The first-order valence-corrected chi connectivity index (χ1v) is 6.72. The van der Waals surface area contributed by atoms with Gasteiger partial charge in [-0.25, -0.2) is 0 Å². The third kappa shape index (κ3) is 3.57. The van der Waals surface area contributed by atoms with Crippen molar-refractivity contribution < 1.29 is 4.79 Å². The van der Waals surface area contributed by atoms with Gasteiger partial charge < -0.3 is 10.6 Å². The standard InChI is InChI=1S/C16H19N3O/c1-3-18-15-6-4-13(5-7-15)16(20)19-11-14-8-9-17-10-12(14)2/h4-10,18H,3,11H2,1-2H3,(H,19,20). The first kappa shape index (κ1) is 14.1.